The molecule has 0 aliphatic carbocycles. The van der Waals surface area contributed by atoms with Crippen molar-refractivity contribution in [2.75, 3.05) is 19.7 Å². The smallest absolute Gasteiger partial charge is 0.314 e. The second-order valence-electron chi connectivity index (χ2n) is 3.06. The first kappa shape index (κ1) is 11.5. The summed E-state index contributed by atoms with van der Waals surface area (Å²) in [7, 11) is 0. The Balaban J connectivity index is 1.99. The molecule has 1 aromatic heterocycles. The number of amides is 2. The van der Waals surface area contributed by atoms with Crippen molar-refractivity contribution in [3.8, 4) is 0 Å². The third-order valence-electron chi connectivity index (χ3n) is 1.84. The molecule has 1 heterocycles. The lowest BCUT2D eigenvalue weighted by Crippen LogP contribution is -2.37. The summed E-state index contributed by atoms with van der Waals surface area (Å²) >= 11 is 0. The van der Waals surface area contributed by atoms with E-state index in [4.69, 9.17) is 5.11 Å². The number of aliphatic hydroxyl groups excluding tert-OH is 1. The fraction of sp³-hybridized carbons (Fsp3) is 0.556. The highest BCUT2D eigenvalue weighted by Crippen LogP contribution is 1.88. The van der Waals surface area contributed by atoms with Gasteiger partial charge in [0.05, 0.1) is 12.9 Å². The number of nitrogens with one attached hydrogen (secondary N) is 2. The number of aryl methyl sites for hydroxylation is 1. The van der Waals surface area contributed by atoms with Gasteiger partial charge in [-0.1, -0.05) is 0 Å². The summed E-state index contributed by atoms with van der Waals surface area (Å²) in [6.07, 6.45) is 6.20. The summed E-state index contributed by atoms with van der Waals surface area (Å²) in [6.45, 7) is 1.69. The molecule has 0 saturated heterocycles. The van der Waals surface area contributed by atoms with Crippen LogP contribution in [0.3, 0.4) is 0 Å². The monoisotopic (exact) mass is 212 g/mol. The van der Waals surface area contributed by atoms with Gasteiger partial charge in [-0.05, 0) is 6.42 Å². The van der Waals surface area contributed by atoms with Gasteiger partial charge >= 0.3 is 6.03 Å². The van der Waals surface area contributed by atoms with Gasteiger partial charge in [0.25, 0.3) is 0 Å². The first-order chi connectivity index (χ1) is 7.33. The van der Waals surface area contributed by atoms with Crippen LogP contribution in [0, 0.1) is 0 Å². The Kier molecular flexibility index (Phi) is 5.24. The predicted octanol–water partition coefficient (Wildman–Crippen LogP) is -0.435. The third kappa shape index (κ3) is 5.02. The Bertz CT molecular complexity index is 274. The van der Waals surface area contributed by atoms with Gasteiger partial charge in [-0.25, -0.2) is 9.78 Å². The number of hydrogen-bond acceptors (Lipinski definition) is 3. The van der Waals surface area contributed by atoms with Gasteiger partial charge in [0.2, 0.25) is 0 Å². The second kappa shape index (κ2) is 6.83. The second-order valence-corrected chi connectivity index (χ2v) is 3.06. The molecule has 0 aromatic carbocycles. The van der Waals surface area contributed by atoms with Gasteiger partial charge in [0, 0.05) is 32.0 Å². The molecule has 3 N–H and O–H groups in total. The summed E-state index contributed by atoms with van der Waals surface area (Å²) in [5, 5.41) is 13.7. The first-order valence-electron chi connectivity index (χ1n) is 4.91. The Morgan fingerprint density at radius 1 is 1.40 bits per heavy atom. The number of nitrogens with zero attached hydrogens (tertiary/aromatic N) is 2. The Morgan fingerprint density at radius 2 is 2.20 bits per heavy atom. The molecule has 0 spiro atoms. The summed E-state index contributed by atoms with van der Waals surface area (Å²) in [5.41, 5.74) is 0. The van der Waals surface area contributed by atoms with Crippen LogP contribution >= 0.6 is 0 Å². The van der Waals surface area contributed by atoms with Crippen LogP contribution in [-0.4, -0.2) is 40.4 Å². The number of aliphatic hydroxyl groups is 1. The minimum Gasteiger partial charge on any atom is -0.395 e. The van der Waals surface area contributed by atoms with Crippen molar-refractivity contribution in [1.82, 2.24) is 20.2 Å². The normalized spacial score (nSPS) is 9.93. The van der Waals surface area contributed by atoms with Gasteiger partial charge in [0.1, 0.15) is 0 Å². The Hall–Kier alpha value is -1.56. The maximum atomic E-state index is 11.0. The number of urea groups is 1. The molecular weight excluding hydrogens is 196 g/mol. The zero-order chi connectivity index (χ0) is 10.9. The van der Waals surface area contributed by atoms with Crippen LogP contribution in [0.4, 0.5) is 4.79 Å². The van der Waals surface area contributed by atoms with Gasteiger partial charge in [-0.2, -0.15) is 0 Å². The van der Waals surface area contributed by atoms with Crippen molar-refractivity contribution in [3.05, 3.63) is 18.7 Å². The molecule has 0 saturated carbocycles. The van der Waals surface area contributed by atoms with E-state index >= 15 is 0 Å². The molecule has 6 heteroatoms. The number of carbonyl (C=O) groups excluding carboxylic acids is 1. The van der Waals surface area contributed by atoms with Crippen LogP contribution in [0.1, 0.15) is 6.42 Å². The molecule has 2 amide bonds. The van der Waals surface area contributed by atoms with Gasteiger partial charge < -0.3 is 20.3 Å². The Morgan fingerprint density at radius 3 is 2.87 bits per heavy atom. The van der Waals surface area contributed by atoms with E-state index in [-0.39, 0.29) is 19.2 Å². The highest BCUT2D eigenvalue weighted by molar-refractivity contribution is 5.73. The number of rotatable bonds is 6. The molecule has 6 nitrogen and oxygen atoms in total. The summed E-state index contributed by atoms with van der Waals surface area (Å²) in [6, 6.07) is -0.241. The van der Waals surface area contributed by atoms with E-state index in [9.17, 15) is 4.79 Å². The van der Waals surface area contributed by atoms with Crippen LogP contribution in [0.25, 0.3) is 0 Å². The van der Waals surface area contributed by atoms with E-state index in [0.29, 0.717) is 6.54 Å². The van der Waals surface area contributed by atoms with Crippen molar-refractivity contribution < 1.29 is 9.90 Å². The molecule has 1 aromatic rings. The molecule has 15 heavy (non-hydrogen) atoms. The van der Waals surface area contributed by atoms with Crippen LogP contribution in [0.2, 0.25) is 0 Å². The van der Waals surface area contributed by atoms with Crippen molar-refractivity contribution in [3.63, 3.8) is 0 Å². The maximum Gasteiger partial charge on any atom is 0.314 e. The molecule has 0 bridgehead atoms. The average Bonchev–Trinajstić information content (AvgIpc) is 2.74. The van der Waals surface area contributed by atoms with E-state index in [1.165, 1.54) is 0 Å². The minimum absolute atomic E-state index is 0.0392. The molecule has 84 valence electrons. The average molecular weight is 212 g/mol. The fourth-order valence-electron chi connectivity index (χ4n) is 1.11. The van der Waals surface area contributed by atoms with Crippen LogP contribution in [0.5, 0.6) is 0 Å². The lowest BCUT2D eigenvalue weighted by Gasteiger charge is -2.06. The number of hydrogen-bond donors (Lipinski definition) is 3. The first-order valence-corrected chi connectivity index (χ1v) is 4.91. The van der Waals surface area contributed by atoms with E-state index in [1.54, 1.807) is 12.5 Å². The maximum absolute atomic E-state index is 11.0. The SMILES string of the molecule is O=C(NCCO)NCCCn1ccnc1. The molecule has 0 aliphatic heterocycles. The third-order valence-corrected chi connectivity index (χ3v) is 1.84. The quantitative estimate of drug-likeness (QED) is 0.559. The number of imidazole rings is 1. The van der Waals surface area contributed by atoms with E-state index in [2.05, 4.69) is 15.6 Å². The van der Waals surface area contributed by atoms with Gasteiger partial charge in [0.15, 0.2) is 0 Å². The summed E-state index contributed by atoms with van der Waals surface area (Å²) in [5.74, 6) is 0. The summed E-state index contributed by atoms with van der Waals surface area (Å²) in [4.78, 5) is 14.9. The van der Waals surface area contributed by atoms with E-state index < -0.39 is 0 Å². The molecular formula is C9H16N4O2. The predicted molar refractivity (Wildman–Crippen MR) is 55.3 cm³/mol. The van der Waals surface area contributed by atoms with Gasteiger partial charge in [-0.15, -0.1) is 0 Å². The minimum atomic E-state index is -0.241. The van der Waals surface area contributed by atoms with Crippen molar-refractivity contribution in [1.29, 1.82) is 0 Å². The van der Waals surface area contributed by atoms with Crippen LogP contribution < -0.4 is 10.6 Å². The highest BCUT2D eigenvalue weighted by atomic mass is 16.3. The lowest BCUT2D eigenvalue weighted by molar-refractivity contribution is 0.234. The van der Waals surface area contributed by atoms with Crippen LogP contribution in [-0.2, 0) is 6.54 Å². The summed E-state index contributed by atoms with van der Waals surface area (Å²) < 4.78 is 1.95. The largest absolute Gasteiger partial charge is 0.395 e. The molecule has 0 unspecified atom stereocenters. The zero-order valence-corrected chi connectivity index (χ0v) is 8.52. The molecule has 1 rings (SSSR count). The van der Waals surface area contributed by atoms with Crippen molar-refractivity contribution in [2.24, 2.45) is 0 Å². The topological polar surface area (TPSA) is 79.2 Å². The van der Waals surface area contributed by atoms with E-state index in [0.717, 1.165) is 13.0 Å². The Labute approximate surface area is 88.3 Å². The zero-order valence-electron chi connectivity index (χ0n) is 8.52. The lowest BCUT2D eigenvalue weighted by atomic mass is 10.4. The number of carbonyl (C=O) groups is 1. The molecule has 0 radical (unpaired) electrons. The van der Waals surface area contributed by atoms with Gasteiger partial charge in [-0.3, -0.25) is 0 Å². The standard InChI is InChI=1S/C9H16N4O2/c14-7-4-12-9(15)11-2-1-5-13-6-3-10-8-13/h3,6,8,14H,1-2,4-5,7H2,(H2,11,12,15). The molecule has 0 fully saturated rings. The van der Waals surface area contributed by atoms with Crippen molar-refractivity contribution >= 4 is 6.03 Å². The number of aromatic nitrogens is 2. The molecule has 0 aliphatic rings. The van der Waals surface area contributed by atoms with Crippen molar-refractivity contribution in [2.45, 2.75) is 13.0 Å². The highest BCUT2D eigenvalue weighted by Gasteiger charge is 1.97. The van der Waals surface area contributed by atoms with Crippen LogP contribution in [0.15, 0.2) is 18.7 Å². The van der Waals surface area contributed by atoms with E-state index in [1.807, 2.05) is 10.8 Å². The fourth-order valence-corrected chi connectivity index (χ4v) is 1.11. The molecule has 0 atom stereocenters.